The van der Waals surface area contributed by atoms with Crippen molar-refractivity contribution < 1.29 is 9.90 Å². The van der Waals surface area contributed by atoms with Crippen molar-refractivity contribution in [1.29, 1.82) is 0 Å². The summed E-state index contributed by atoms with van der Waals surface area (Å²) in [7, 11) is 2.08. The van der Waals surface area contributed by atoms with Gasteiger partial charge in [0.05, 0.1) is 0 Å². The smallest absolute Gasteiger partial charge is 0.220 e. The lowest BCUT2D eigenvalue weighted by Crippen LogP contribution is -2.31. The fraction of sp³-hybridized carbons (Fsp3) is 0.909. The Hall–Kier alpha value is -0.610. The van der Waals surface area contributed by atoms with Crippen LogP contribution in [0.1, 0.15) is 33.1 Å². The number of aliphatic hydroxyl groups is 1. The summed E-state index contributed by atoms with van der Waals surface area (Å²) >= 11 is 0. The fourth-order valence-electron chi connectivity index (χ4n) is 1.14. The number of nitrogens with zero attached hydrogens (tertiary/aromatic N) is 1. The van der Waals surface area contributed by atoms with Gasteiger partial charge < -0.3 is 15.3 Å². The molecule has 90 valence electrons. The summed E-state index contributed by atoms with van der Waals surface area (Å²) in [5, 5.41) is 11.4. The van der Waals surface area contributed by atoms with Crippen LogP contribution in [-0.4, -0.2) is 48.7 Å². The minimum Gasteiger partial charge on any atom is -0.396 e. The number of hydrogen-bond donors (Lipinski definition) is 2. The predicted octanol–water partition coefficient (Wildman–Crippen LogP) is 0.605. The number of aliphatic hydroxyl groups excluding tert-OH is 1. The van der Waals surface area contributed by atoms with Crippen LogP contribution >= 0.6 is 0 Å². The Morgan fingerprint density at radius 3 is 2.60 bits per heavy atom. The number of carbonyl (C=O) groups is 1. The molecule has 1 amide bonds. The lowest BCUT2D eigenvalue weighted by Gasteiger charge is -2.20. The largest absolute Gasteiger partial charge is 0.396 e. The summed E-state index contributed by atoms with van der Waals surface area (Å²) in [4.78, 5) is 13.4. The minimum absolute atomic E-state index is 0.0382. The van der Waals surface area contributed by atoms with Gasteiger partial charge >= 0.3 is 0 Å². The van der Waals surface area contributed by atoms with Crippen LogP contribution in [0.2, 0.25) is 0 Å². The van der Waals surface area contributed by atoms with Crippen molar-refractivity contribution in [3.8, 4) is 0 Å². The molecule has 0 fully saturated rings. The van der Waals surface area contributed by atoms with Gasteiger partial charge in [0, 0.05) is 25.6 Å². The van der Waals surface area contributed by atoms with Gasteiger partial charge in [-0.25, -0.2) is 0 Å². The van der Waals surface area contributed by atoms with Crippen LogP contribution in [0.15, 0.2) is 0 Å². The molecule has 0 saturated carbocycles. The molecule has 0 aliphatic carbocycles. The summed E-state index contributed by atoms with van der Waals surface area (Å²) in [6, 6.07) is 0.551. The van der Waals surface area contributed by atoms with Crippen LogP contribution in [0, 0.1) is 0 Å². The first-order chi connectivity index (χ1) is 7.07. The molecule has 0 spiro atoms. The van der Waals surface area contributed by atoms with E-state index in [1.807, 2.05) is 0 Å². The topological polar surface area (TPSA) is 52.6 Å². The maximum absolute atomic E-state index is 11.1. The first kappa shape index (κ1) is 14.4. The van der Waals surface area contributed by atoms with Gasteiger partial charge in [0.1, 0.15) is 0 Å². The first-order valence-electron chi connectivity index (χ1n) is 5.65. The Labute approximate surface area is 92.7 Å². The van der Waals surface area contributed by atoms with E-state index < -0.39 is 0 Å². The molecule has 4 nitrogen and oxygen atoms in total. The average molecular weight is 216 g/mol. The third kappa shape index (κ3) is 8.39. The third-order valence-electron chi connectivity index (χ3n) is 2.45. The summed E-state index contributed by atoms with van der Waals surface area (Å²) in [6.07, 6.45) is 1.95. The van der Waals surface area contributed by atoms with Crippen LogP contribution in [-0.2, 0) is 4.79 Å². The van der Waals surface area contributed by atoms with Crippen LogP contribution in [0.4, 0.5) is 0 Å². The molecule has 0 aliphatic rings. The zero-order chi connectivity index (χ0) is 11.7. The highest BCUT2D eigenvalue weighted by molar-refractivity contribution is 5.75. The maximum Gasteiger partial charge on any atom is 0.220 e. The molecule has 15 heavy (non-hydrogen) atoms. The zero-order valence-electron chi connectivity index (χ0n) is 10.1. The van der Waals surface area contributed by atoms with Gasteiger partial charge in [-0.15, -0.1) is 0 Å². The molecule has 2 N–H and O–H groups in total. The lowest BCUT2D eigenvalue weighted by atomic mass is 10.3. The van der Waals surface area contributed by atoms with Crippen LogP contribution < -0.4 is 5.32 Å². The van der Waals surface area contributed by atoms with E-state index in [-0.39, 0.29) is 12.5 Å². The van der Waals surface area contributed by atoms with Crippen LogP contribution in [0.3, 0.4) is 0 Å². The predicted molar refractivity (Wildman–Crippen MR) is 61.7 cm³/mol. The molecule has 0 bridgehead atoms. The van der Waals surface area contributed by atoms with Gasteiger partial charge in [-0.3, -0.25) is 4.79 Å². The summed E-state index contributed by atoms with van der Waals surface area (Å²) in [6.45, 7) is 6.11. The Kier molecular flexibility index (Phi) is 8.33. The molecule has 0 aromatic heterocycles. The molecule has 0 unspecified atom stereocenters. The summed E-state index contributed by atoms with van der Waals surface area (Å²) in [5.74, 6) is 0.0382. The Morgan fingerprint density at radius 1 is 1.40 bits per heavy atom. The van der Waals surface area contributed by atoms with E-state index in [1.54, 1.807) is 0 Å². The second-order valence-corrected chi connectivity index (χ2v) is 4.11. The monoisotopic (exact) mass is 216 g/mol. The molecule has 0 radical (unpaired) electrons. The quantitative estimate of drug-likeness (QED) is 0.584. The molecule has 0 rings (SSSR count). The molecule has 0 aromatic rings. The second kappa shape index (κ2) is 8.68. The third-order valence-corrected chi connectivity index (χ3v) is 2.45. The van der Waals surface area contributed by atoms with Gasteiger partial charge in [-0.05, 0) is 40.3 Å². The SMILES string of the molecule is CC(C)N(C)CCCNC(=O)CCCO. The molecule has 0 aliphatic heterocycles. The first-order valence-corrected chi connectivity index (χ1v) is 5.65. The maximum atomic E-state index is 11.1. The van der Waals surface area contributed by atoms with E-state index in [2.05, 4.69) is 31.1 Å². The number of hydrogen-bond acceptors (Lipinski definition) is 3. The lowest BCUT2D eigenvalue weighted by molar-refractivity contribution is -0.121. The molecule has 0 aromatic carbocycles. The van der Waals surface area contributed by atoms with Crippen molar-refractivity contribution in [1.82, 2.24) is 10.2 Å². The molecule has 0 heterocycles. The zero-order valence-corrected chi connectivity index (χ0v) is 10.1. The highest BCUT2D eigenvalue weighted by Crippen LogP contribution is 1.94. The van der Waals surface area contributed by atoms with Crippen molar-refractivity contribution in [2.45, 2.75) is 39.2 Å². The Morgan fingerprint density at radius 2 is 2.07 bits per heavy atom. The Bertz CT molecular complexity index is 172. The van der Waals surface area contributed by atoms with E-state index in [4.69, 9.17) is 5.11 Å². The van der Waals surface area contributed by atoms with Gasteiger partial charge in [-0.2, -0.15) is 0 Å². The van der Waals surface area contributed by atoms with Crippen LogP contribution in [0.25, 0.3) is 0 Å². The number of rotatable bonds is 8. The van der Waals surface area contributed by atoms with Crippen molar-refractivity contribution in [2.75, 3.05) is 26.7 Å². The Balaban J connectivity index is 3.34. The van der Waals surface area contributed by atoms with E-state index >= 15 is 0 Å². The standard InChI is InChI=1S/C11H24N2O2/c1-10(2)13(3)8-5-7-12-11(15)6-4-9-14/h10,14H,4-9H2,1-3H3,(H,12,15). The van der Waals surface area contributed by atoms with Crippen LogP contribution in [0.5, 0.6) is 0 Å². The summed E-state index contributed by atoms with van der Waals surface area (Å²) in [5.41, 5.74) is 0. The molecular formula is C11H24N2O2. The van der Waals surface area contributed by atoms with Crippen molar-refractivity contribution in [3.05, 3.63) is 0 Å². The van der Waals surface area contributed by atoms with Gasteiger partial charge in [0.2, 0.25) is 5.91 Å². The molecular weight excluding hydrogens is 192 g/mol. The van der Waals surface area contributed by atoms with Crippen molar-refractivity contribution in [2.24, 2.45) is 0 Å². The number of carbonyl (C=O) groups excluding carboxylic acids is 1. The second-order valence-electron chi connectivity index (χ2n) is 4.11. The van der Waals surface area contributed by atoms with Gasteiger partial charge in [0.15, 0.2) is 0 Å². The summed E-state index contributed by atoms with van der Waals surface area (Å²) < 4.78 is 0. The van der Waals surface area contributed by atoms with Gasteiger partial charge in [0.25, 0.3) is 0 Å². The highest BCUT2D eigenvalue weighted by atomic mass is 16.3. The molecule has 4 heteroatoms. The molecule has 0 saturated heterocycles. The average Bonchev–Trinajstić information content (AvgIpc) is 2.20. The van der Waals surface area contributed by atoms with E-state index in [1.165, 1.54) is 0 Å². The number of nitrogens with one attached hydrogen (secondary N) is 1. The molecule has 0 atom stereocenters. The highest BCUT2D eigenvalue weighted by Gasteiger charge is 2.03. The fourth-order valence-corrected chi connectivity index (χ4v) is 1.14. The van der Waals surface area contributed by atoms with Crippen molar-refractivity contribution >= 4 is 5.91 Å². The number of amides is 1. The van der Waals surface area contributed by atoms with E-state index in [0.29, 0.717) is 18.9 Å². The van der Waals surface area contributed by atoms with E-state index in [0.717, 1.165) is 19.5 Å². The van der Waals surface area contributed by atoms with Crippen molar-refractivity contribution in [3.63, 3.8) is 0 Å². The normalized spacial score (nSPS) is 11.1. The van der Waals surface area contributed by atoms with Gasteiger partial charge in [-0.1, -0.05) is 0 Å². The minimum atomic E-state index is 0.0382. The van der Waals surface area contributed by atoms with E-state index in [9.17, 15) is 4.79 Å².